The number of nitrogens with zero attached hydrogens (tertiary/aromatic N) is 1. The third kappa shape index (κ3) is 8.80. The molecule has 0 bridgehead atoms. The number of benzene rings is 2. The van der Waals surface area contributed by atoms with Crippen LogP contribution in [0.25, 0.3) is 0 Å². The van der Waals surface area contributed by atoms with E-state index in [9.17, 15) is 23.1 Å². The van der Waals surface area contributed by atoms with Gasteiger partial charge in [0.1, 0.15) is 11.5 Å². The quantitative estimate of drug-likeness (QED) is 0.155. The second-order valence-electron chi connectivity index (χ2n) is 11.5. The maximum Gasteiger partial charge on any atom is 0.248 e. The van der Waals surface area contributed by atoms with Crippen LogP contribution in [-0.2, 0) is 32.5 Å². The summed E-state index contributed by atoms with van der Waals surface area (Å²) in [7, 11) is -4.12. The summed E-state index contributed by atoms with van der Waals surface area (Å²) in [5.41, 5.74) is -0.221. The van der Waals surface area contributed by atoms with Crippen LogP contribution in [0, 0.1) is 17.9 Å². The predicted molar refractivity (Wildman–Crippen MR) is 163 cm³/mol. The van der Waals surface area contributed by atoms with Crippen molar-refractivity contribution >= 4 is 21.8 Å². The summed E-state index contributed by atoms with van der Waals surface area (Å²) in [5, 5.41) is 20.6. The minimum Gasteiger partial charge on any atom is -0.493 e. The van der Waals surface area contributed by atoms with Gasteiger partial charge in [0.05, 0.1) is 17.5 Å². The van der Waals surface area contributed by atoms with Crippen LogP contribution in [0.4, 0.5) is 0 Å². The van der Waals surface area contributed by atoms with Crippen LogP contribution < -0.4 is 20.7 Å². The minimum atomic E-state index is -4.12. The maximum atomic E-state index is 14.1. The second kappa shape index (κ2) is 14.8. The molecule has 4 N–H and O–H groups in total. The molecule has 2 aliphatic rings. The molecule has 4 rings (SSSR count). The molecule has 0 radical (unpaired) electrons. The Balaban J connectivity index is 1.45. The largest absolute Gasteiger partial charge is 0.493 e. The van der Waals surface area contributed by atoms with Crippen molar-refractivity contribution < 1.29 is 27.9 Å². The molecule has 2 heterocycles. The molecule has 2 amide bonds. The Bertz CT molecular complexity index is 1430. The Morgan fingerprint density at radius 2 is 2.00 bits per heavy atom. The Labute approximate surface area is 254 Å². The summed E-state index contributed by atoms with van der Waals surface area (Å²) in [6.07, 6.45) is 2.73. The fourth-order valence-corrected chi connectivity index (χ4v) is 7.21. The molecule has 1 fully saturated rings. The minimum absolute atomic E-state index is 0.0240. The monoisotopic (exact) mass is 610 g/mol. The summed E-state index contributed by atoms with van der Waals surface area (Å²) < 4.78 is 35.0. The molecule has 43 heavy (non-hydrogen) atoms. The highest BCUT2D eigenvalue weighted by molar-refractivity contribution is 7.89. The SMILES string of the molecule is CC(C)CN(C(O)(CCNC(=O)CCC#CNC(=O)C1CCCN1)Cc1ccccc1)S(=O)(=O)c1ccc2c(c1)CCO2. The topological polar surface area (TPSA) is 137 Å². The summed E-state index contributed by atoms with van der Waals surface area (Å²) in [6, 6.07) is 16.4. The molecule has 232 valence electrons. The second-order valence-corrected chi connectivity index (χ2v) is 13.3. The first-order valence-electron chi connectivity index (χ1n) is 14.9. The fraction of sp³-hybridized carbons (Fsp3) is 0.500. The average Bonchev–Trinajstić information content (AvgIpc) is 3.68. The van der Waals surface area contributed by atoms with Crippen molar-refractivity contribution in [2.45, 2.75) is 75.5 Å². The molecule has 2 aliphatic heterocycles. The van der Waals surface area contributed by atoms with Crippen molar-refractivity contribution in [2.24, 2.45) is 5.92 Å². The number of amides is 2. The molecular weight excluding hydrogens is 568 g/mol. The molecule has 0 aromatic heterocycles. The van der Waals surface area contributed by atoms with Gasteiger partial charge in [-0.05, 0) is 54.6 Å². The van der Waals surface area contributed by atoms with Gasteiger partial charge in [0.25, 0.3) is 0 Å². The van der Waals surface area contributed by atoms with Crippen LogP contribution in [0.2, 0.25) is 0 Å². The van der Waals surface area contributed by atoms with Crippen LogP contribution in [0.15, 0.2) is 53.4 Å². The smallest absolute Gasteiger partial charge is 0.248 e. The number of ether oxygens (including phenoxy) is 1. The molecule has 0 saturated carbocycles. The maximum absolute atomic E-state index is 14.1. The molecule has 2 aromatic rings. The molecule has 0 aliphatic carbocycles. The lowest BCUT2D eigenvalue weighted by molar-refractivity contribution is -0.122. The number of hydrogen-bond donors (Lipinski definition) is 4. The molecule has 2 unspecified atom stereocenters. The van der Waals surface area contributed by atoms with E-state index in [1.807, 2.05) is 44.2 Å². The van der Waals surface area contributed by atoms with Gasteiger partial charge in [-0.3, -0.25) is 14.9 Å². The van der Waals surface area contributed by atoms with Gasteiger partial charge in [-0.2, -0.15) is 4.31 Å². The highest BCUT2D eigenvalue weighted by atomic mass is 32.2. The van der Waals surface area contributed by atoms with E-state index in [0.29, 0.717) is 18.8 Å². The lowest BCUT2D eigenvalue weighted by Crippen LogP contribution is -2.55. The number of carbonyl (C=O) groups excluding carboxylic acids is 2. The zero-order chi connectivity index (χ0) is 30.9. The van der Waals surface area contributed by atoms with E-state index in [2.05, 4.69) is 27.9 Å². The normalized spacial score (nSPS) is 17.5. The third-order valence-electron chi connectivity index (χ3n) is 7.55. The number of carbonyl (C=O) groups is 2. The van der Waals surface area contributed by atoms with E-state index in [-0.39, 0.29) is 67.4 Å². The van der Waals surface area contributed by atoms with Crippen molar-refractivity contribution in [1.29, 1.82) is 0 Å². The van der Waals surface area contributed by atoms with Gasteiger partial charge in [0.15, 0.2) is 0 Å². The lowest BCUT2D eigenvalue weighted by Gasteiger charge is -2.40. The van der Waals surface area contributed by atoms with Gasteiger partial charge in [-0.1, -0.05) is 50.1 Å². The van der Waals surface area contributed by atoms with Gasteiger partial charge in [0, 0.05) is 51.2 Å². The van der Waals surface area contributed by atoms with Crippen LogP contribution in [0.5, 0.6) is 5.75 Å². The van der Waals surface area contributed by atoms with Crippen LogP contribution in [0.3, 0.4) is 0 Å². The van der Waals surface area contributed by atoms with Crippen LogP contribution in [0.1, 0.15) is 57.1 Å². The molecule has 2 aromatic carbocycles. The van der Waals surface area contributed by atoms with Crippen molar-refractivity contribution in [3.8, 4) is 17.7 Å². The number of sulfonamides is 1. The molecule has 0 spiro atoms. The number of rotatable bonds is 13. The Morgan fingerprint density at radius 3 is 2.72 bits per heavy atom. The highest BCUT2D eigenvalue weighted by Crippen LogP contribution is 2.33. The van der Waals surface area contributed by atoms with E-state index in [1.54, 1.807) is 12.1 Å². The first-order chi connectivity index (χ1) is 20.6. The van der Waals surface area contributed by atoms with Gasteiger partial charge in [-0.25, -0.2) is 8.42 Å². The Morgan fingerprint density at radius 1 is 1.21 bits per heavy atom. The summed E-state index contributed by atoms with van der Waals surface area (Å²) in [6.45, 7) is 5.27. The van der Waals surface area contributed by atoms with Gasteiger partial charge in [0.2, 0.25) is 21.8 Å². The molecule has 11 heteroatoms. The molecule has 2 atom stereocenters. The van der Waals surface area contributed by atoms with Crippen LogP contribution >= 0.6 is 0 Å². The van der Waals surface area contributed by atoms with E-state index in [0.717, 1.165) is 30.5 Å². The van der Waals surface area contributed by atoms with Gasteiger partial charge >= 0.3 is 0 Å². The van der Waals surface area contributed by atoms with Crippen molar-refractivity contribution in [1.82, 2.24) is 20.3 Å². The van der Waals surface area contributed by atoms with Crippen molar-refractivity contribution in [3.05, 3.63) is 59.7 Å². The van der Waals surface area contributed by atoms with Crippen molar-refractivity contribution in [2.75, 3.05) is 26.2 Å². The van der Waals surface area contributed by atoms with Crippen LogP contribution in [-0.4, -0.2) is 67.7 Å². The van der Waals surface area contributed by atoms with E-state index >= 15 is 0 Å². The first-order valence-corrected chi connectivity index (χ1v) is 16.4. The number of fused-ring (bicyclic) bond motifs is 1. The molecule has 1 saturated heterocycles. The number of nitrogens with one attached hydrogen (secondary N) is 3. The third-order valence-corrected chi connectivity index (χ3v) is 9.47. The Kier molecular flexibility index (Phi) is 11.2. The zero-order valence-electron chi connectivity index (χ0n) is 24.9. The molecule has 10 nitrogen and oxygen atoms in total. The Hall–Kier alpha value is -3.43. The average molecular weight is 611 g/mol. The van der Waals surface area contributed by atoms with E-state index < -0.39 is 15.7 Å². The van der Waals surface area contributed by atoms with Crippen molar-refractivity contribution in [3.63, 3.8) is 0 Å². The highest BCUT2D eigenvalue weighted by Gasteiger charge is 2.43. The lowest BCUT2D eigenvalue weighted by atomic mass is 9.98. The summed E-state index contributed by atoms with van der Waals surface area (Å²) >= 11 is 0. The predicted octanol–water partition coefficient (Wildman–Crippen LogP) is 2.32. The first kappa shape index (κ1) is 32.5. The molecular formula is C32H42N4O6S. The van der Waals surface area contributed by atoms with E-state index in [4.69, 9.17) is 4.74 Å². The number of hydrogen-bond acceptors (Lipinski definition) is 7. The summed E-state index contributed by atoms with van der Waals surface area (Å²) in [4.78, 5) is 24.7. The fourth-order valence-electron chi connectivity index (χ4n) is 5.33. The van der Waals surface area contributed by atoms with Gasteiger partial charge < -0.3 is 20.5 Å². The zero-order valence-corrected chi connectivity index (χ0v) is 25.7. The summed E-state index contributed by atoms with van der Waals surface area (Å²) in [5.74, 6) is 2.94. The van der Waals surface area contributed by atoms with Gasteiger partial charge in [-0.15, -0.1) is 0 Å². The van der Waals surface area contributed by atoms with E-state index in [1.165, 1.54) is 10.4 Å². The number of aliphatic hydroxyl groups is 1. The standard InChI is InChI=1S/C32H42N4O6S/c1-24(2)23-36(43(40,41)27-13-14-29-26(21-27)15-20-42-29)32(39,22-25-9-4-3-5-10-25)16-19-34-30(37)12-6-7-17-35-31(38)28-11-8-18-33-28/h3-5,9-10,13-14,21,24,28,33,39H,6,8,11-12,15-16,18-20,22-23H2,1-2H3,(H,34,37)(H,35,38).